The lowest BCUT2D eigenvalue weighted by Gasteiger charge is -2.30. The van der Waals surface area contributed by atoms with E-state index in [-0.39, 0.29) is 17.5 Å². The van der Waals surface area contributed by atoms with Crippen LogP contribution in [0.1, 0.15) is 38.8 Å². The highest BCUT2D eigenvalue weighted by molar-refractivity contribution is 7.92. The maximum atomic E-state index is 14.9. The fourth-order valence-electron chi connectivity index (χ4n) is 3.78. The Bertz CT molecular complexity index is 1320. The minimum Gasteiger partial charge on any atom is -0.491 e. The first kappa shape index (κ1) is 27.3. The molecule has 0 N–H and O–H groups in total. The van der Waals surface area contributed by atoms with Crippen molar-refractivity contribution in [1.29, 1.82) is 0 Å². The molecule has 0 saturated carbocycles. The summed E-state index contributed by atoms with van der Waals surface area (Å²) in [4.78, 5) is 0. The van der Waals surface area contributed by atoms with Gasteiger partial charge in [0.05, 0.1) is 23.7 Å². The number of halogens is 4. The predicted octanol–water partition coefficient (Wildman–Crippen LogP) is 6.94. The van der Waals surface area contributed by atoms with E-state index in [1.807, 2.05) is 0 Å². The first-order valence-electron chi connectivity index (χ1n) is 11.0. The van der Waals surface area contributed by atoms with Crippen LogP contribution in [0.25, 0.3) is 0 Å². The molecule has 36 heavy (non-hydrogen) atoms. The molecule has 3 aromatic rings. The average molecular weight is 526 g/mol. The van der Waals surface area contributed by atoms with Crippen LogP contribution in [0.3, 0.4) is 0 Å². The summed E-state index contributed by atoms with van der Waals surface area (Å²) in [5, 5.41) is 0. The van der Waals surface area contributed by atoms with E-state index in [0.29, 0.717) is 16.8 Å². The normalized spacial score (nSPS) is 12.5. The number of ether oxygens (including phenoxy) is 2. The highest BCUT2D eigenvalue weighted by Gasteiger charge is 2.33. The van der Waals surface area contributed by atoms with Gasteiger partial charge in [0.1, 0.15) is 17.3 Å². The summed E-state index contributed by atoms with van der Waals surface area (Å²) in [6, 6.07) is 15.9. The molecule has 5 nitrogen and oxygen atoms in total. The molecular formula is C26H27F4NO4S. The third-order valence-electron chi connectivity index (χ3n) is 5.37. The van der Waals surface area contributed by atoms with Gasteiger partial charge in [0, 0.05) is 11.5 Å². The molecule has 10 heteroatoms. The molecule has 0 fully saturated rings. The van der Waals surface area contributed by atoms with Crippen LogP contribution in [0.4, 0.5) is 28.9 Å². The summed E-state index contributed by atoms with van der Waals surface area (Å²) in [7, 11) is -3.86. The predicted molar refractivity (Wildman–Crippen MR) is 131 cm³/mol. The molecule has 0 spiro atoms. The minimum atomic E-state index is -4.92. The van der Waals surface area contributed by atoms with Gasteiger partial charge >= 0.3 is 6.36 Å². The Hall–Kier alpha value is -3.27. The standard InChI is InChI=1S/C26H27F4NO4S/c1-17(2)34-23-13-19(14-24(16-23)35-26(28,29)30)25(3,4)18-11-20(27)15-22(12-18)31(36(5,32)33)21-9-7-6-8-10-21/h6-17H,1-5H3. The molecule has 0 heterocycles. The molecule has 194 valence electrons. The van der Waals surface area contributed by atoms with Crippen molar-refractivity contribution in [1.82, 2.24) is 0 Å². The molecule has 0 aliphatic heterocycles. The van der Waals surface area contributed by atoms with E-state index in [2.05, 4.69) is 4.74 Å². The molecule has 0 radical (unpaired) electrons. The maximum Gasteiger partial charge on any atom is 0.573 e. The number of hydrogen-bond acceptors (Lipinski definition) is 4. The van der Waals surface area contributed by atoms with Gasteiger partial charge in [0.2, 0.25) is 10.0 Å². The van der Waals surface area contributed by atoms with Crippen LogP contribution in [0.2, 0.25) is 0 Å². The molecule has 0 aromatic heterocycles. The second-order valence-electron chi connectivity index (χ2n) is 9.09. The SMILES string of the molecule is CC(C)Oc1cc(OC(F)(F)F)cc(C(C)(C)c2cc(F)cc(N(c3ccccc3)S(C)(=O)=O)c2)c1. The Morgan fingerprint density at radius 2 is 1.42 bits per heavy atom. The Balaban J connectivity index is 2.17. The number of anilines is 2. The summed E-state index contributed by atoms with van der Waals surface area (Å²) >= 11 is 0. The summed E-state index contributed by atoms with van der Waals surface area (Å²) in [5.41, 5.74) is -0.0315. The van der Waals surface area contributed by atoms with Crippen molar-refractivity contribution in [3.8, 4) is 11.5 Å². The van der Waals surface area contributed by atoms with Gasteiger partial charge in [-0.1, -0.05) is 32.0 Å². The van der Waals surface area contributed by atoms with Gasteiger partial charge in [0.25, 0.3) is 0 Å². The highest BCUT2D eigenvalue weighted by Crippen LogP contribution is 2.40. The van der Waals surface area contributed by atoms with E-state index in [1.54, 1.807) is 64.1 Å². The van der Waals surface area contributed by atoms with Crippen LogP contribution in [0, 0.1) is 5.82 Å². The van der Waals surface area contributed by atoms with Crippen LogP contribution in [-0.4, -0.2) is 27.1 Å². The van der Waals surface area contributed by atoms with Crippen molar-refractivity contribution in [3.05, 3.63) is 83.7 Å². The number of rotatable bonds is 8. The van der Waals surface area contributed by atoms with Gasteiger partial charge in [-0.25, -0.2) is 17.1 Å². The zero-order valence-electron chi connectivity index (χ0n) is 20.4. The summed E-state index contributed by atoms with van der Waals surface area (Å²) < 4.78 is 89.9. The molecule has 3 rings (SSSR count). The maximum absolute atomic E-state index is 14.9. The van der Waals surface area contributed by atoms with Crippen LogP contribution >= 0.6 is 0 Å². The van der Waals surface area contributed by atoms with Crippen molar-refractivity contribution in [2.75, 3.05) is 10.6 Å². The van der Waals surface area contributed by atoms with E-state index in [9.17, 15) is 26.0 Å². The van der Waals surface area contributed by atoms with Crippen molar-refractivity contribution in [2.45, 2.75) is 45.6 Å². The number of sulfonamides is 1. The zero-order valence-corrected chi connectivity index (χ0v) is 21.2. The van der Waals surface area contributed by atoms with Crippen LogP contribution in [0.5, 0.6) is 11.5 Å². The lowest BCUT2D eigenvalue weighted by molar-refractivity contribution is -0.274. The molecule has 0 bridgehead atoms. The zero-order chi connectivity index (χ0) is 26.9. The number of alkyl halides is 3. The lowest BCUT2D eigenvalue weighted by atomic mass is 9.77. The monoisotopic (exact) mass is 525 g/mol. The molecule has 0 unspecified atom stereocenters. The molecule has 3 aromatic carbocycles. The molecular weight excluding hydrogens is 498 g/mol. The number of nitrogens with zero attached hydrogens (tertiary/aromatic N) is 1. The van der Waals surface area contributed by atoms with E-state index in [4.69, 9.17) is 4.74 Å². The second kappa shape index (κ2) is 10.0. The van der Waals surface area contributed by atoms with Gasteiger partial charge in [-0.3, -0.25) is 0 Å². The quantitative estimate of drug-likeness (QED) is 0.299. The Morgan fingerprint density at radius 1 is 0.833 bits per heavy atom. The van der Waals surface area contributed by atoms with Crippen LogP contribution in [0.15, 0.2) is 66.7 Å². The molecule has 0 atom stereocenters. The molecule has 0 aliphatic rings. The molecule has 0 amide bonds. The fraction of sp³-hybridized carbons (Fsp3) is 0.308. The molecule has 0 saturated heterocycles. The van der Waals surface area contributed by atoms with Crippen molar-refractivity contribution < 1.29 is 35.5 Å². The fourth-order valence-corrected chi connectivity index (χ4v) is 4.77. The second-order valence-corrected chi connectivity index (χ2v) is 10.9. The van der Waals surface area contributed by atoms with E-state index < -0.39 is 33.4 Å². The summed E-state index contributed by atoms with van der Waals surface area (Å²) in [6.07, 6.45) is -4.24. The highest BCUT2D eigenvalue weighted by atomic mass is 32.2. The average Bonchev–Trinajstić information content (AvgIpc) is 2.71. The van der Waals surface area contributed by atoms with Crippen molar-refractivity contribution in [2.24, 2.45) is 0 Å². The van der Waals surface area contributed by atoms with E-state index in [0.717, 1.165) is 22.7 Å². The smallest absolute Gasteiger partial charge is 0.491 e. The van der Waals surface area contributed by atoms with E-state index in [1.165, 1.54) is 18.2 Å². The summed E-state index contributed by atoms with van der Waals surface area (Å²) in [5.74, 6) is -1.04. The summed E-state index contributed by atoms with van der Waals surface area (Å²) in [6.45, 7) is 6.82. The number of hydrogen-bond donors (Lipinski definition) is 0. The third kappa shape index (κ3) is 6.69. The Morgan fingerprint density at radius 3 is 1.97 bits per heavy atom. The lowest BCUT2D eigenvalue weighted by Crippen LogP contribution is -2.26. The van der Waals surface area contributed by atoms with Gasteiger partial charge in [-0.15, -0.1) is 13.2 Å². The van der Waals surface area contributed by atoms with Gasteiger partial charge in [0.15, 0.2) is 0 Å². The Labute approximate surface area is 208 Å². The van der Waals surface area contributed by atoms with E-state index >= 15 is 0 Å². The van der Waals surface area contributed by atoms with Crippen LogP contribution in [-0.2, 0) is 15.4 Å². The third-order valence-corrected chi connectivity index (χ3v) is 6.45. The van der Waals surface area contributed by atoms with Crippen molar-refractivity contribution in [3.63, 3.8) is 0 Å². The topological polar surface area (TPSA) is 55.8 Å². The molecule has 0 aliphatic carbocycles. The Kier molecular flexibility index (Phi) is 7.59. The number of para-hydroxylation sites is 1. The first-order chi connectivity index (χ1) is 16.6. The minimum absolute atomic E-state index is 0.0492. The number of benzene rings is 3. The van der Waals surface area contributed by atoms with Gasteiger partial charge in [-0.2, -0.15) is 0 Å². The van der Waals surface area contributed by atoms with Crippen LogP contribution < -0.4 is 13.8 Å². The largest absolute Gasteiger partial charge is 0.573 e. The van der Waals surface area contributed by atoms with Crippen molar-refractivity contribution >= 4 is 21.4 Å². The van der Waals surface area contributed by atoms with Gasteiger partial charge < -0.3 is 9.47 Å². The first-order valence-corrected chi connectivity index (χ1v) is 12.9. The van der Waals surface area contributed by atoms with Gasteiger partial charge in [-0.05, 0) is 67.4 Å².